The van der Waals surface area contributed by atoms with E-state index in [9.17, 15) is 4.79 Å². The van der Waals surface area contributed by atoms with Crippen molar-refractivity contribution >= 4 is 5.97 Å². The molecule has 0 saturated carbocycles. The van der Waals surface area contributed by atoms with Gasteiger partial charge in [-0.15, -0.1) is 0 Å². The number of ether oxygens (including phenoxy) is 1. The Kier molecular flexibility index (Phi) is 5.18. The van der Waals surface area contributed by atoms with E-state index in [1.165, 1.54) is 11.6 Å². The van der Waals surface area contributed by atoms with Gasteiger partial charge in [0.05, 0.1) is 0 Å². The molecule has 4 heteroatoms. The second-order valence-electron chi connectivity index (χ2n) is 5.31. The summed E-state index contributed by atoms with van der Waals surface area (Å²) in [5.74, 6) is -0.337. The molecule has 1 unspecified atom stereocenters. The van der Waals surface area contributed by atoms with Crippen molar-refractivity contribution in [3.05, 3.63) is 47.7 Å². The van der Waals surface area contributed by atoms with Crippen molar-refractivity contribution in [1.82, 2.24) is 4.90 Å². The van der Waals surface area contributed by atoms with Crippen LogP contribution in [0, 0.1) is 0 Å². The molecule has 1 aliphatic heterocycles. The number of hydrogen-bond acceptors (Lipinski definition) is 4. The van der Waals surface area contributed by atoms with E-state index in [4.69, 9.17) is 10.5 Å². The van der Waals surface area contributed by atoms with Crippen LogP contribution in [0.5, 0.6) is 0 Å². The van der Waals surface area contributed by atoms with Gasteiger partial charge in [-0.1, -0.05) is 30.3 Å². The van der Waals surface area contributed by atoms with Crippen LogP contribution in [0.25, 0.3) is 0 Å². The van der Waals surface area contributed by atoms with Gasteiger partial charge in [-0.3, -0.25) is 4.90 Å². The molecule has 1 aromatic carbocycles. The summed E-state index contributed by atoms with van der Waals surface area (Å²) in [6, 6.07) is 10.4. The van der Waals surface area contributed by atoms with Crippen molar-refractivity contribution in [2.45, 2.75) is 32.4 Å². The first-order valence-electron chi connectivity index (χ1n) is 7.04. The lowest BCUT2D eigenvalue weighted by Gasteiger charge is -2.32. The molecule has 1 aromatic rings. The lowest BCUT2D eigenvalue weighted by molar-refractivity contribution is -0.145. The second-order valence-corrected chi connectivity index (χ2v) is 5.31. The highest BCUT2D eigenvalue weighted by Gasteiger charge is 2.22. The number of rotatable bonds is 4. The zero-order valence-electron chi connectivity index (χ0n) is 11.9. The van der Waals surface area contributed by atoms with Gasteiger partial charge in [0.2, 0.25) is 0 Å². The summed E-state index contributed by atoms with van der Waals surface area (Å²) in [5, 5.41) is 0. The van der Waals surface area contributed by atoms with Gasteiger partial charge in [0.25, 0.3) is 0 Å². The predicted molar refractivity (Wildman–Crippen MR) is 78.8 cm³/mol. The van der Waals surface area contributed by atoms with Gasteiger partial charge in [0.15, 0.2) is 0 Å². The van der Waals surface area contributed by atoms with E-state index in [1.54, 1.807) is 6.92 Å². The number of esters is 1. The van der Waals surface area contributed by atoms with E-state index < -0.39 is 0 Å². The molecule has 0 spiro atoms. The minimum atomic E-state index is -0.337. The maximum Gasteiger partial charge on any atom is 0.332 e. The summed E-state index contributed by atoms with van der Waals surface area (Å²) in [6.45, 7) is 4.43. The Bertz CT molecular complexity index is 467. The number of benzene rings is 1. The van der Waals surface area contributed by atoms with Gasteiger partial charge in [0.1, 0.15) is 6.10 Å². The van der Waals surface area contributed by atoms with E-state index in [2.05, 4.69) is 17.0 Å². The number of hydrogen-bond donors (Lipinski definition) is 1. The molecule has 2 rings (SSSR count). The smallest absolute Gasteiger partial charge is 0.332 e. The zero-order chi connectivity index (χ0) is 14.4. The van der Waals surface area contributed by atoms with Crippen molar-refractivity contribution in [3.8, 4) is 0 Å². The molecule has 0 radical (unpaired) electrons. The first-order valence-corrected chi connectivity index (χ1v) is 7.04. The molecule has 1 saturated heterocycles. The van der Waals surface area contributed by atoms with E-state index in [0.717, 1.165) is 32.5 Å². The van der Waals surface area contributed by atoms with Crippen molar-refractivity contribution < 1.29 is 9.53 Å². The van der Waals surface area contributed by atoms with Gasteiger partial charge < -0.3 is 10.5 Å². The fourth-order valence-corrected chi connectivity index (χ4v) is 2.48. The lowest BCUT2D eigenvalue weighted by atomic mass is 10.1. The van der Waals surface area contributed by atoms with Crippen molar-refractivity contribution in [2.24, 2.45) is 5.73 Å². The average Bonchev–Trinajstić information content (AvgIpc) is 2.39. The first kappa shape index (κ1) is 14.6. The average molecular weight is 274 g/mol. The van der Waals surface area contributed by atoms with Gasteiger partial charge in [0, 0.05) is 24.9 Å². The Morgan fingerprint density at radius 2 is 2.20 bits per heavy atom. The SMILES string of the molecule is C/C(N)=C\C(=O)OC1CCCN(Cc2ccccc2)C1. The van der Waals surface area contributed by atoms with Crippen LogP contribution in [-0.2, 0) is 16.1 Å². The van der Waals surface area contributed by atoms with E-state index in [1.807, 2.05) is 18.2 Å². The van der Waals surface area contributed by atoms with E-state index in [-0.39, 0.29) is 12.1 Å². The number of allylic oxidation sites excluding steroid dienone is 1. The number of nitrogens with two attached hydrogens (primary N) is 1. The molecule has 2 N–H and O–H groups in total. The maximum atomic E-state index is 11.6. The number of piperidine rings is 1. The van der Waals surface area contributed by atoms with Gasteiger partial charge >= 0.3 is 5.97 Å². The van der Waals surface area contributed by atoms with Crippen LogP contribution in [0.4, 0.5) is 0 Å². The monoisotopic (exact) mass is 274 g/mol. The maximum absolute atomic E-state index is 11.6. The highest BCUT2D eigenvalue weighted by Crippen LogP contribution is 2.16. The Morgan fingerprint density at radius 1 is 1.45 bits per heavy atom. The van der Waals surface area contributed by atoms with Crippen LogP contribution in [0.15, 0.2) is 42.1 Å². The highest BCUT2D eigenvalue weighted by atomic mass is 16.5. The van der Waals surface area contributed by atoms with Crippen molar-refractivity contribution in [2.75, 3.05) is 13.1 Å². The number of nitrogens with zero attached hydrogens (tertiary/aromatic N) is 1. The van der Waals surface area contributed by atoms with Crippen LogP contribution >= 0.6 is 0 Å². The molecule has 1 fully saturated rings. The molecule has 0 aliphatic carbocycles. The standard InChI is InChI=1S/C16H22N2O2/c1-13(17)10-16(19)20-15-8-5-9-18(12-15)11-14-6-3-2-4-7-14/h2-4,6-7,10,15H,5,8-9,11-12,17H2,1H3/b13-10+. The second kappa shape index (κ2) is 7.10. The summed E-state index contributed by atoms with van der Waals surface area (Å²) < 4.78 is 5.43. The molecular weight excluding hydrogens is 252 g/mol. The van der Waals surface area contributed by atoms with Gasteiger partial charge in [-0.2, -0.15) is 0 Å². The van der Waals surface area contributed by atoms with Crippen molar-refractivity contribution in [3.63, 3.8) is 0 Å². The number of carbonyl (C=O) groups is 1. The molecule has 0 bridgehead atoms. The summed E-state index contributed by atoms with van der Waals surface area (Å²) >= 11 is 0. The number of likely N-dealkylation sites (tertiary alicyclic amines) is 1. The fourth-order valence-electron chi connectivity index (χ4n) is 2.48. The van der Waals surface area contributed by atoms with Gasteiger partial charge in [-0.05, 0) is 31.9 Å². The summed E-state index contributed by atoms with van der Waals surface area (Å²) in [7, 11) is 0. The molecule has 1 heterocycles. The third-order valence-corrected chi connectivity index (χ3v) is 3.34. The first-order chi connectivity index (χ1) is 9.63. The van der Waals surface area contributed by atoms with Gasteiger partial charge in [-0.25, -0.2) is 4.79 Å². The largest absolute Gasteiger partial charge is 0.458 e. The quantitative estimate of drug-likeness (QED) is 0.674. The molecule has 0 amide bonds. The van der Waals surface area contributed by atoms with Crippen LogP contribution in [0.1, 0.15) is 25.3 Å². The zero-order valence-corrected chi connectivity index (χ0v) is 11.9. The molecular formula is C16H22N2O2. The Hall–Kier alpha value is -1.81. The van der Waals surface area contributed by atoms with E-state index in [0.29, 0.717) is 5.70 Å². The van der Waals surface area contributed by atoms with Crippen molar-refractivity contribution in [1.29, 1.82) is 0 Å². The Balaban J connectivity index is 1.86. The van der Waals surface area contributed by atoms with Crippen LogP contribution in [0.3, 0.4) is 0 Å². The lowest BCUT2D eigenvalue weighted by Crippen LogP contribution is -2.40. The van der Waals surface area contributed by atoms with Crippen LogP contribution in [-0.4, -0.2) is 30.1 Å². The fraction of sp³-hybridized carbons (Fsp3) is 0.438. The van der Waals surface area contributed by atoms with Crippen LogP contribution < -0.4 is 5.73 Å². The molecule has 4 nitrogen and oxygen atoms in total. The Morgan fingerprint density at radius 3 is 2.90 bits per heavy atom. The third kappa shape index (κ3) is 4.70. The topological polar surface area (TPSA) is 55.6 Å². The minimum Gasteiger partial charge on any atom is -0.458 e. The molecule has 108 valence electrons. The predicted octanol–water partition coefficient (Wildman–Crippen LogP) is 2.06. The summed E-state index contributed by atoms with van der Waals surface area (Å²) in [5.41, 5.74) is 7.25. The summed E-state index contributed by atoms with van der Waals surface area (Å²) in [4.78, 5) is 13.9. The van der Waals surface area contributed by atoms with E-state index >= 15 is 0 Å². The minimum absolute atomic E-state index is 0.0319. The molecule has 0 aromatic heterocycles. The molecule has 1 aliphatic rings. The van der Waals surface area contributed by atoms with Crippen LogP contribution in [0.2, 0.25) is 0 Å². The summed E-state index contributed by atoms with van der Waals surface area (Å²) in [6.07, 6.45) is 3.29. The molecule has 1 atom stereocenters. The highest BCUT2D eigenvalue weighted by molar-refractivity contribution is 5.82. The third-order valence-electron chi connectivity index (χ3n) is 3.34. The molecule has 20 heavy (non-hydrogen) atoms. The Labute approximate surface area is 120 Å². The normalized spacial score (nSPS) is 20.6. The number of carbonyl (C=O) groups excluding carboxylic acids is 1.